The van der Waals surface area contributed by atoms with Crippen molar-refractivity contribution < 1.29 is 4.84 Å². The third kappa shape index (κ3) is 2.46. The van der Waals surface area contributed by atoms with Crippen LogP contribution in [0.25, 0.3) is 0 Å². The van der Waals surface area contributed by atoms with Gasteiger partial charge < -0.3 is 4.84 Å². The molecule has 0 fully saturated rings. The van der Waals surface area contributed by atoms with Crippen LogP contribution in [-0.4, -0.2) is 11.8 Å². The summed E-state index contributed by atoms with van der Waals surface area (Å²) in [6.45, 7) is 3.71. The molecule has 78 valence electrons. The SMILES string of the molecule is C=CCCC1CC(c2ccccc2)=NO1. The summed E-state index contributed by atoms with van der Waals surface area (Å²) in [5.74, 6) is 0. The van der Waals surface area contributed by atoms with Crippen molar-refractivity contribution in [2.75, 3.05) is 0 Å². The van der Waals surface area contributed by atoms with E-state index in [9.17, 15) is 0 Å². The van der Waals surface area contributed by atoms with Gasteiger partial charge in [0.1, 0.15) is 6.10 Å². The Morgan fingerprint density at radius 2 is 2.20 bits per heavy atom. The zero-order valence-corrected chi connectivity index (χ0v) is 8.73. The molecule has 15 heavy (non-hydrogen) atoms. The van der Waals surface area contributed by atoms with Crippen molar-refractivity contribution in [3.05, 3.63) is 48.6 Å². The van der Waals surface area contributed by atoms with E-state index in [1.165, 1.54) is 5.56 Å². The third-order valence-corrected chi connectivity index (χ3v) is 2.53. The van der Waals surface area contributed by atoms with Crippen molar-refractivity contribution in [3.8, 4) is 0 Å². The molecule has 0 saturated heterocycles. The molecule has 2 rings (SSSR count). The van der Waals surface area contributed by atoms with E-state index in [4.69, 9.17) is 4.84 Å². The maximum Gasteiger partial charge on any atom is 0.133 e. The molecule has 0 radical (unpaired) electrons. The molecule has 0 N–H and O–H groups in total. The first-order valence-electron chi connectivity index (χ1n) is 5.29. The van der Waals surface area contributed by atoms with Crippen LogP contribution in [0.1, 0.15) is 24.8 Å². The fourth-order valence-corrected chi connectivity index (χ4v) is 1.69. The molecule has 1 aromatic carbocycles. The zero-order chi connectivity index (χ0) is 10.5. The van der Waals surface area contributed by atoms with E-state index < -0.39 is 0 Å². The molecule has 1 atom stereocenters. The number of hydrogen-bond donors (Lipinski definition) is 0. The second kappa shape index (κ2) is 4.78. The third-order valence-electron chi connectivity index (χ3n) is 2.53. The van der Waals surface area contributed by atoms with Gasteiger partial charge in [-0.05, 0) is 18.4 Å². The Labute approximate surface area is 90.3 Å². The van der Waals surface area contributed by atoms with Gasteiger partial charge in [-0.3, -0.25) is 0 Å². The molecule has 1 aliphatic heterocycles. The van der Waals surface area contributed by atoms with E-state index in [0.717, 1.165) is 25.0 Å². The smallest absolute Gasteiger partial charge is 0.133 e. The van der Waals surface area contributed by atoms with Gasteiger partial charge >= 0.3 is 0 Å². The molecule has 1 heterocycles. The van der Waals surface area contributed by atoms with E-state index in [-0.39, 0.29) is 6.10 Å². The molecule has 1 aromatic rings. The fourth-order valence-electron chi connectivity index (χ4n) is 1.69. The summed E-state index contributed by atoms with van der Waals surface area (Å²) >= 11 is 0. The first-order chi connectivity index (χ1) is 7.40. The number of benzene rings is 1. The van der Waals surface area contributed by atoms with Crippen molar-refractivity contribution >= 4 is 5.71 Å². The Kier molecular flexibility index (Phi) is 3.18. The number of allylic oxidation sites excluding steroid dienone is 1. The lowest BCUT2D eigenvalue weighted by molar-refractivity contribution is 0.0799. The second-order valence-corrected chi connectivity index (χ2v) is 3.70. The van der Waals surface area contributed by atoms with Gasteiger partial charge in [-0.15, -0.1) is 6.58 Å². The van der Waals surface area contributed by atoms with Crippen molar-refractivity contribution in [2.24, 2.45) is 5.16 Å². The topological polar surface area (TPSA) is 21.6 Å². The minimum Gasteiger partial charge on any atom is -0.392 e. The van der Waals surface area contributed by atoms with Crippen LogP contribution in [0.15, 0.2) is 48.1 Å². The lowest BCUT2D eigenvalue weighted by Crippen LogP contribution is -2.07. The van der Waals surface area contributed by atoms with Gasteiger partial charge in [-0.1, -0.05) is 41.6 Å². The van der Waals surface area contributed by atoms with Crippen LogP contribution in [-0.2, 0) is 4.84 Å². The van der Waals surface area contributed by atoms with Gasteiger partial charge in [0.2, 0.25) is 0 Å². The van der Waals surface area contributed by atoms with Gasteiger partial charge in [0.15, 0.2) is 0 Å². The van der Waals surface area contributed by atoms with Crippen molar-refractivity contribution in [1.29, 1.82) is 0 Å². The predicted molar refractivity (Wildman–Crippen MR) is 61.9 cm³/mol. The Balaban J connectivity index is 1.95. The molecule has 0 bridgehead atoms. The molecule has 2 nitrogen and oxygen atoms in total. The summed E-state index contributed by atoms with van der Waals surface area (Å²) < 4.78 is 0. The van der Waals surface area contributed by atoms with Crippen LogP contribution in [0.4, 0.5) is 0 Å². The van der Waals surface area contributed by atoms with Gasteiger partial charge in [-0.2, -0.15) is 0 Å². The van der Waals surface area contributed by atoms with Crippen LogP contribution in [0.2, 0.25) is 0 Å². The van der Waals surface area contributed by atoms with Crippen LogP contribution in [0.5, 0.6) is 0 Å². The number of oxime groups is 1. The first-order valence-corrected chi connectivity index (χ1v) is 5.29. The largest absolute Gasteiger partial charge is 0.392 e. The molecule has 1 unspecified atom stereocenters. The van der Waals surface area contributed by atoms with Crippen LogP contribution in [0.3, 0.4) is 0 Å². The molecular formula is C13H15NO. The van der Waals surface area contributed by atoms with E-state index >= 15 is 0 Å². The van der Waals surface area contributed by atoms with Gasteiger partial charge in [0.05, 0.1) is 5.71 Å². The molecular weight excluding hydrogens is 186 g/mol. The Morgan fingerprint density at radius 1 is 1.40 bits per heavy atom. The molecule has 2 heteroatoms. The van der Waals surface area contributed by atoms with Gasteiger partial charge in [-0.25, -0.2) is 0 Å². The molecule has 0 aromatic heterocycles. The summed E-state index contributed by atoms with van der Waals surface area (Å²) in [7, 11) is 0. The predicted octanol–water partition coefficient (Wildman–Crippen LogP) is 3.15. The summed E-state index contributed by atoms with van der Waals surface area (Å²) in [6, 6.07) is 10.2. The molecule has 0 saturated carbocycles. The average molecular weight is 201 g/mol. The number of rotatable bonds is 4. The van der Waals surface area contributed by atoms with E-state index in [1.54, 1.807) is 0 Å². The van der Waals surface area contributed by atoms with Crippen molar-refractivity contribution in [2.45, 2.75) is 25.4 Å². The molecule has 0 aliphatic carbocycles. The molecule has 0 spiro atoms. The quantitative estimate of drug-likeness (QED) is 0.686. The maximum absolute atomic E-state index is 5.36. The lowest BCUT2D eigenvalue weighted by Gasteiger charge is -2.04. The zero-order valence-electron chi connectivity index (χ0n) is 8.73. The standard InChI is InChI=1S/C13H15NO/c1-2-3-9-12-10-13(14-15-12)11-7-5-4-6-8-11/h2,4-8,12H,1,3,9-10H2. The number of nitrogens with zero attached hydrogens (tertiary/aromatic N) is 1. The summed E-state index contributed by atoms with van der Waals surface area (Å²) in [5, 5.41) is 4.12. The highest BCUT2D eigenvalue weighted by atomic mass is 16.6. The average Bonchev–Trinajstić information content (AvgIpc) is 2.76. The van der Waals surface area contributed by atoms with Crippen molar-refractivity contribution in [1.82, 2.24) is 0 Å². The fraction of sp³-hybridized carbons (Fsp3) is 0.308. The highest BCUT2D eigenvalue weighted by Crippen LogP contribution is 2.19. The van der Waals surface area contributed by atoms with Crippen LogP contribution in [0, 0.1) is 0 Å². The van der Waals surface area contributed by atoms with Crippen LogP contribution >= 0.6 is 0 Å². The second-order valence-electron chi connectivity index (χ2n) is 3.70. The number of hydrogen-bond acceptors (Lipinski definition) is 2. The molecule has 0 amide bonds. The normalized spacial score (nSPS) is 19.5. The Morgan fingerprint density at radius 3 is 2.93 bits per heavy atom. The van der Waals surface area contributed by atoms with E-state index in [2.05, 4.69) is 23.9 Å². The summed E-state index contributed by atoms with van der Waals surface area (Å²) in [4.78, 5) is 5.36. The summed E-state index contributed by atoms with van der Waals surface area (Å²) in [5.41, 5.74) is 2.23. The lowest BCUT2D eigenvalue weighted by atomic mass is 10.0. The van der Waals surface area contributed by atoms with Gasteiger partial charge in [0, 0.05) is 6.42 Å². The highest BCUT2D eigenvalue weighted by Gasteiger charge is 2.20. The van der Waals surface area contributed by atoms with Crippen LogP contribution < -0.4 is 0 Å². The van der Waals surface area contributed by atoms with Crippen molar-refractivity contribution in [3.63, 3.8) is 0 Å². The maximum atomic E-state index is 5.36. The van der Waals surface area contributed by atoms with E-state index in [1.807, 2.05) is 24.3 Å². The van der Waals surface area contributed by atoms with Gasteiger partial charge in [0.25, 0.3) is 0 Å². The monoisotopic (exact) mass is 201 g/mol. The Hall–Kier alpha value is -1.57. The minimum atomic E-state index is 0.234. The Bertz CT molecular complexity index is 356. The molecule has 1 aliphatic rings. The summed E-state index contributed by atoms with van der Waals surface area (Å²) in [6.07, 6.45) is 5.06. The minimum absolute atomic E-state index is 0.234. The highest BCUT2D eigenvalue weighted by molar-refractivity contribution is 6.01. The van der Waals surface area contributed by atoms with E-state index in [0.29, 0.717) is 0 Å². The first kappa shape index (κ1) is 9.97.